The highest BCUT2D eigenvalue weighted by Gasteiger charge is 2.56. The predicted molar refractivity (Wildman–Crippen MR) is 390 cm³/mol. The molecule has 2 nitrogen and oxygen atoms in total. The van der Waals surface area contributed by atoms with E-state index in [1.165, 1.54) is 177 Å². The van der Waals surface area contributed by atoms with E-state index in [4.69, 9.17) is 0 Å². The zero-order valence-electron chi connectivity index (χ0n) is 57.5. The van der Waals surface area contributed by atoms with Crippen molar-refractivity contribution in [1.29, 1.82) is 0 Å². The molecule has 0 unspecified atom stereocenters. The van der Waals surface area contributed by atoms with E-state index in [2.05, 4.69) is 312 Å². The van der Waals surface area contributed by atoms with Crippen molar-refractivity contribution in [2.75, 3.05) is 0 Å². The molecule has 450 valence electrons. The molecule has 0 bridgehead atoms. The van der Waals surface area contributed by atoms with Crippen LogP contribution in [0, 0.1) is 0 Å². The summed E-state index contributed by atoms with van der Waals surface area (Å²) in [4.78, 5) is 0. The number of nitrogens with zero attached hydrogens (tertiary/aromatic N) is 2. The molecule has 3 heteroatoms. The van der Waals surface area contributed by atoms with Crippen LogP contribution in [0.3, 0.4) is 0 Å². The molecular formula is C87H89BN2. The van der Waals surface area contributed by atoms with Crippen LogP contribution in [-0.2, 0) is 43.3 Å². The van der Waals surface area contributed by atoms with Crippen molar-refractivity contribution in [3.05, 3.63) is 219 Å². The molecule has 12 aromatic rings. The fourth-order valence-corrected chi connectivity index (χ4v) is 16.6. The van der Waals surface area contributed by atoms with Gasteiger partial charge in [-0.05, 0) is 203 Å². The van der Waals surface area contributed by atoms with E-state index >= 15 is 0 Å². The second kappa shape index (κ2) is 17.8. The summed E-state index contributed by atoms with van der Waals surface area (Å²) in [7, 11) is 0. The van der Waals surface area contributed by atoms with Gasteiger partial charge in [0, 0.05) is 43.8 Å². The van der Waals surface area contributed by atoms with Crippen molar-refractivity contribution in [3.63, 3.8) is 0 Å². The Bertz CT molecular complexity index is 5120. The van der Waals surface area contributed by atoms with Crippen molar-refractivity contribution < 1.29 is 0 Å². The first-order valence-electron chi connectivity index (χ1n) is 33.5. The number of aromatic nitrogens is 2. The van der Waals surface area contributed by atoms with E-state index in [9.17, 15) is 0 Å². The first kappa shape index (κ1) is 57.3. The summed E-state index contributed by atoms with van der Waals surface area (Å²) in [6, 6.07) is 65.2. The van der Waals surface area contributed by atoms with E-state index in [0.29, 0.717) is 0 Å². The Morgan fingerprint density at radius 3 is 1.20 bits per heavy atom. The lowest BCUT2D eigenvalue weighted by Crippen LogP contribution is -2.61. The molecule has 0 atom stereocenters. The molecule has 90 heavy (non-hydrogen) atoms. The summed E-state index contributed by atoms with van der Waals surface area (Å²) >= 11 is 0. The Morgan fingerprint density at radius 1 is 0.278 bits per heavy atom. The van der Waals surface area contributed by atoms with Gasteiger partial charge >= 0.3 is 0 Å². The van der Waals surface area contributed by atoms with Crippen LogP contribution in [0.1, 0.15) is 207 Å². The van der Waals surface area contributed by atoms with Crippen LogP contribution in [0.2, 0.25) is 0 Å². The van der Waals surface area contributed by atoms with Gasteiger partial charge in [-0.2, -0.15) is 0 Å². The zero-order valence-corrected chi connectivity index (χ0v) is 57.5. The van der Waals surface area contributed by atoms with Gasteiger partial charge in [0.05, 0.1) is 22.1 Å². The maximum Gasteiger partial charge on any atom is 0.252 e. The standard InChI is InChI=1S/C87H89BN2/c1-80(2,3)53-28-26-48(27-29-53)49-22-23-51-37-52(25-24-50(51)36-49)62-47-70-79-74-78(62)89-73-35-32-54(81(4,5)6)38-63(73)64-40-58(85(16,17)18)45-71(76(64)89)88(74)72-46-59(86(19,20)21)41-66-65-39-57(84(13,14)15)44-69(75(65)90(79)77(66)72)87(70)67-42-55(82(7,8)9)30-33-60(67)61-34-31-56(43-68(61)87)83(10,11)12/h22-47H,1-21H3. The molecule has 16 rings (SSSR count). The summed E-state index contributed by atoms with van der Waals surface area (Å²) in [5.41, 5.74) is 33.8. The smallest absolute Gasteiger partial charge is 0.252 e. The summed E-state index contributed by atoms with van der Waals surface area (Å²) in [5.74, 6) is 0. The SMILES string of the molecule is CC(C)(C)c1ccc(-c2ccc3cc(-c4cc5c6c7c4-n4c8ccc(C(C)(C)C)cc8c8cc(C(C)(C)C)cc(c84)B7c4cc(C(C)(C)C)cc7c8cc(C(C)(C)C)cc(c8n-6c47)C54c5cc(C(C)(C)C)ccc5-c5ccc(C(C)(C)C)cc54)ccc3c2)cc1. The van der Waals surface area contributed by atoms with Crippen LogP contribution in [0.15, 0.2) is 158 Å². The Morgan fingerprint density at radius 2 is 0.678 bits per heavy atom. The molecule has 5 heterocycles. The quantitative estimate of drug-likeness (QED) is 0.153. The van der Waals surface area contributed by atoms with Crippen LogP contribution < -0.4 is 16.4 Å². The van der Waals surface area contributed by atoms with Gasteiger partial charge in [0.25, 0.3) is 6.71 Å². The third kappa shape index (κ3) is 7.83. The van der Waals surface area contributed by atoms with Gasteiger partial charge in [-0.25, -0.2) is 0 Å². The van der Waals surface area contributed by atoms with Gasteiger partial charge in [0.2, 0.25) is 0 Å². The van der Waals surface area contributed by atoms with Crippen molar-refractivity contribution in [2.45, 2.75) is 189 Å². The first-order valence-corrected chi connectivity index (χ1v) is 33.5. The minimum Gasteiger partial charge on any atom is -0.310 e. The van der Waals surface area contributed by atoms with E-state index in [1.807, 2.05) is 0 Å². The first-order chi connectivity index (χ1) is 42.0. The Balaban J connectivity index is 1.15. The lowest BCUT2D eigenvalue weighted by molar-refractivity contribution is 0.583. The average molecular weight is 1170 g/mol. The van der Waals surface area contributed by atoms with Crippen LogP contribution in [0.5, 0.6) is 0 Å². The normalized spacial score (nSPS) is 15.0. The van der Waals surface area contributed by atoms with E-state index in [0.717, 1.165) is 0 Å². The molecule has 4 aliphatic rings. The van der Waals surface area contributed by atoms with E-state index in [-0.39, 0.29) is 44.6 Å². The summed E-state index contributed by atoms with van der Waals surface area (Å²) < 4.78 is 5.63. The highest BCUT2D eigenvalue weighted by atomic mass is 15.1. The Labute approximate surface area is 535 Å². The molecule has 0 radical (unpaired) electrons. The molecule has 0 fully saturated rings. The molecule has 3 aliphatic heterocycles. The predicted octanol–water partition coefficient (Wildman–Crippen LogP) is 21.3. The van der Waals surface area contributed by atoms with Crippen molar-refractivity contribution in [2.24, 2.45) is 0 Å². The number of hydrogen-bond donors (Lipinski definition) is 0. The largest absolute Gasteiger partial charge is 0.310 e. The van der Waals surface area contributed by atoms with Gasteiger partial charge in [-0.15, -0.1) is 0 Å². The fraction of sp³-hybridized carbons (Fsp3) is 0.333. The molecule has 0 amide bonds. The molecule has 0 saturated heterocycles. The maximum absolute atomic E-state index is 2.85. The van der Waals surface area contributed by atoms with Gasteiger partial charge in [-0.1, -0.05) is 255 Å². The molecule has 1 aliphatic carbocycles. The number of rotatable bonds is 2. The minimum absolute atomic E-state index is 0.0439. The fourth-order valence-electron chi connectivity index (χ4n) is 16.6. The molecule has 1 spiro atoms. The van der Waals surface area contributed by atoms with E-state index < -0.39 is 5.41 Å². The van der Waals surface area contributed by atoms with Crippen LogP contribution in [0.4, 0.5) is 0 Å². The Hall–Kier alpha value is -7.88. The third-order valence-electron chi connectivity index (χ3n) is 21.9. The van der Waals surface area contributed by atoms with Crippen LogP contribution in [-0.4, -0.2) is 15.8 Å². The molecule has 10 aromatic carbocycles. The zero-order chi connectivity index (χ0) is 63.6. The lowest BCUT2D eigenvalue weighted by Gasteiger charge is -2.45. The lowest BCUT2D eigenvalue weighted by atomic mass is 9.33. The van der Waals surface area contributed by atoms with Crippen LogP contribution >= 0.6 is 0 Å². The number of benzene rings is 10. The second-order valence-electron chi connectivity index (χ2n) is 35.1. The average Bonchev–Trinajstić information content (AvgIpc) is 1.40. The second-order valence-corrected chi connectivity index (χ2v) is 35.1. The molecular weight excluding hydrogens is 1080 g/mol. The van der Waals surface area contributed by atoms with Crippen molar-refractivity contribution in [3.8, 4) is 44.8 Å². The monoisotopic (exact) mass is 1170 g/mol. The molecule has 2 aromatic heterocycles. The van der Waals surface area contributed by atoms with Gasteiger partial charge in [0.1, 0.15) is 0 Å². The third-order valence-corrected chi connectivity index (χ3v) is 21.9. The Kier molecular flexibility index (Phi) is 11.3. The van der Waals surface area contributed by atoms with Crippen LogP contribution in [0.25, 0.3) is 99.1 Å². The highest BCUT2D eigenvalue weighted by molar-refractivity contribution is 7.00. The minimum atomic E-state index is -0.720. The molecule has 0 saturated carbocycles. The topological polar surface area (TPSA) is 9.86 Å². The van der Waals surface area contributed by atoms with Gasteiger partial charge in [-0.3, -0.25) is 0 Å². The summed E-state index contributed by atoms with van der Waals surface area (Å²) in [6.07, 6.45) is 0. The number of hydrogen-bond acceptors (Lipinski definition) is 0. The number of fused-ring (bicyclic) bond motifs is 15. The van der Waals surface area contributed by atoms with Gasteiger partial charge < -0.3 is 9.13 Å². The van der Waals surface area contributed by atoms with Crippen molar-refractivity contribution >= 4 is 77.5 Å². The van der Waals surface area contributed by atoms with E-state index in [1.54, 1.807) is 0 Å². The van der Waals surface area contributed by atoms with Crippen molar-refractivity contribution in [1.82, 2.24) is 9.13 Å². The summed E-state index contributed by atoms with van der Waals surface area (Å²) in [6.45, 7) is 50.2. The van der Waals surface area contributed by atoms with Gasteiger partial charge in [0.15, 0.2) is 0 Å². The summed E-state index contributed by atoms with van der Waals surface area (Å²) in [5, 5.41) is 7.90. The molecule has 0 N–H and O–H groups in total. The maximum atomic E-state index is 2.85. The highest BCUT2D eigenvalue weighted by Crippen LogP contribution is 2.64.